The summed E-state index contributed by atoms with van der Waals surface area (Å²) in [4.78, 5) is 41.7. The second-order valence-electron chi connectivity index (χ2n) is 9.31. The molecule has 7 nitrogen and oxygen atoms in total. The average molecular weight is 446 g/mol. The molecule has 4 heterocycles. The van der Waals surface area contributed by atoms with Crippen LogP contribution in [0.15, 0.2) is 30.5 Å². The summed E-state index contributed by atoms with van der Waals surface area (Å²) in [5.74, 6) is 1.94. The second-order valence-corrected chi connectivity index (χ2v) is 9.31. The van der Waals surface area contributed by atoms with E-state index >= 15 is 0 Å². The maximum absolute atomic E-state index is 13.0. The molecule has 1 saturated heterocycles. The minimum atomic E-state index is 0.0993. The lowest BCUT2D eigenvalue weighted by atomic mass is 9.95. The molecule has 1 N–H and O–H groups in total. The first kappa shape index (κ1) is 21.6. The Morgan fingerprint density at radius 2 is 2.06 bits per heavy atom. The van der Waals surface area contributed by atoms with E-state index in [1.165, 1.54) is 10.9 Å². The van der Waals surface area contributed by atoms with Crippen molar-refractivity contribution < 1.29 is 9.59 Å². The molecule has 2 aromatic heterocycles. The largest absolute Gasteiger partial charge is 0.361 e. The summed E-state index contributed by atoms with van der Waals surface area (Å²) in [5.41, 5.74) is 4.44. The summed E-state index contributed by atoms with van der Waals surface area (Å²) >= 11 is 0. The van der Waals surface area contributed by atoms with Gasteiger partial charge in [-0.05, 0) is 50.7 Å². The van der Waals surface area contributed by atoms with E-state index in [1.54, 1.807) is 11.9 Å². The minimum Gasteiger partial charge on any atom is -0.361 e. The number of nitrogens with zero attached hydrogens (tertiary/aromatic N) is 4. The molecule has 5 rings (SSSR count). The van der Waals surface area contributed by atoms with Gasteiger partial charge in [-0.1, -0.05) is 18.2 Å². The van der Waals surface area contributed by atoms with Gasteiger partial charge in [-0.15, -0.1) is 0 Å². The maximum Gasteiger partial charge on any atom is 0.228 e. The Morgan fingerprint density at radius 1 is 1.21 bits per heavy atom. The molecule has 0 bridgehead atoms. The summed E-state index contributed by atoms with van der Waals surface area (Å²) in [6, 6.07) is 8.29. The fourth-order valence-corrected chi connectivity index (χ4v) is 5.21. The number of hydrogen-bond acceptors (Lipinski definition) is 4. The number of benzene rings is 1. The number of H-pyrrole nitrogens is 1. The van der Waals surface area contributed by atoms with Crippen LogP contribution in [0.2, 0.25) is 0 Å². The molecular formula is C26H31N5O2. The molecule has 0 radical (unpaired) electrons. The van der Waals surface area contributed by atoms with E-state index < -0.39 is 0 Å². The van der Waals surface area contributed by atoms with Crippen molar-refractivity contribution in [3.8, 4) is 0 Å². The third-order valence-electron chi connectivity index (χ3n) is 7.14. The molecule has 1 fully saturated rings. The first-order valence-electron chi connectivity index (χ1n) is 12.0. The number of anilines is 1. The number of carbonyl (C=O) groups is 2. The van der Waals surface area contributed by atoms with Gasteiger partial charge in [0, 0.05) is 67.3 Å². The van der Waals surface area contributed by atoms with Crippen LogP contribution in [0.3, 0.4) is 0 Å². The average Bonchev–Trinajstić information content (AvgIpc) is 3.24. The summed E-state index contributed by atoms with van der Waals surface area (Å²) in [6.45, 7) is 3.46. The molecular weight excluding hydrogens is 414 g/mol. The number of nitrogens with one attached hydrogen (secondary N) is 1. The Hall–Kier alpha value is -3.22. The SMILES string of the molecule is Cc1nc([C@H]2CCCN(C(=O)CCCc3c[nH]c4ccccc34)C2)nc2c1CCC(=O)N2C. The zero-order valence-electron chi connectivity index (χ0n) is 19.4. The molecule has 1 aromatic carbocycles. The summed E-state index contributed by atoms with van der Waals surface area (Å²) in [6.07, 6.45) is 7.47. The van der Waals surface area contributed by atoms with Crippen LogP contribution in [0.1, 0.15) is 60.7 Å². The molecule has 0 spiro atoms. The summed E-state index contributed by atoms with van der Waals surface area (Å²) < 4.78 is 0. The first-order valence-corrected chi connectivity index (χ1v) is 12.0. The van der Waals surface area contributed by atoms with Gasteiger partial charge in [-0.3, -0.25) is 14.5 Å². The number of aryl methyl sites for hydroxylation is 2. The topological polar surface area (TPSA) is 82.2 Å². The number of rotatable bonds is 5. The monoisotopic (exact) mass is 445 g/mol. The van der Waals surface area contributed by atoms with E-state index in [0.717, 1.165) is 60.6 Å². The van der Waals surface area contributed by atoms with Crippen LogP contribution >= 0.6 is 0 Å². The number of aromatic amines is 1. The van der Waals surface area contributed by atoms with Crippen LogP contribution in [-0.4, -0.2) is 51.8 Å². The Bertz CT molecular complexity index is 1200. The summed E-state index contributed by atoms with van der Waals surface area (Å²) in [5, 5.41) is 1.24. The lowest BCUT2D eigenvalue weighted by Crippen LogP contribution is -2.40. The zero-order valence-corrected chi connectivity index (χ0v) is 19.4. The number of amides is 2. The zero-order chi connectivity index (χ0) is 22.9. The van der Waals surface area contributed by atoms with Crippen LogP contribution in [0.4, 0.5) is 5.82 Å². The molecule has 7 heteroatoms. The highest BCUT2D eigenvalue weighted by molar-refractivity contribution is 5.94. The summed E-state index contributed by atoms with van der Waals surface area (Å²) in [7, 11) is 1.79. The van der Waals surface area contributed by atoms with Crippen LogP contribution in [0.5, 0.6) is 0 Å². The molecule has 0 unspecified atom stereocenters. The number of piperidine rings is 1. The molecule has 2 amide bonds. The smallest absolute Gasteiger partial charge is 0.228 e. The third-order valence-corrected chi connectivity index (χ3v) is 7.14. The van der Waals surface area contributed by atoms with Crippen LogP contribution < -0.4 is 4.90 Å². The lowest BCUT2D eigenvalue weighted by molar-refractivity contribution is -0.132. The number of likely N-dealkylation sites (tertiary alicyclic amines) is 1. The van der Waals surface area contributed by atoms with Gasteiger partial charge in [-0.25, -0.2) is 9.97 Å². The Labute approximate surface area is 194 Å². The third kappa shape index (κ3) is 4.24. The maximum atomic E-state index is 13.0. The van der Waals surface area contributed by atoms with E-state index in [1.807, 2.05) is 17.9 Å². The van der Waals surface area contributed by atoms with Gasteiger partial charge in [-0.2, -0.15) is 0 Å². The van der Waals surface area contributed by atoms with Gasteiger partial charge in [0.25, 0.3) is 0 Å². The molecule has 0 aliphatic carbocycles. The Balaban J connectivity index is 1.23. The molecule has 172 valence electrons. The predicted octanol–water partition coefficient (Wildman–Crippen LogP) is 3.90. The molecule has 2 aliphatic heterocycles. The van der Waals surface area contributed by atoms with Crippen LogP contribution in [0, 0.1) is 6.92 Å². The molecule has 0 saturated carbocycles. The van der Waals surface area contributed by atoms with Crippen molar-refractivity contribution in [2.24, 2.45) is 0 Å². The normalized spacial score (nSPS) is 18.6. The number of para-hydroxylation sites is 1. The van der Waals surface area contributed by atoms with Crippen LogP contribution in [0.25, 0.3) is 10.9 Å². The van der Waals surface area contributed by atoms with E-state index in [-0.39, 0.29) is 17.7 Å². The van der Waals surface area contributed by atoms with Gasteiger partial charge in [0.2, 0.25) is 11.8 Å². The molecule has 33 heavy (non-hydrogen) atoms. The van der Waals surface area contributed by atoms with Gasteiger partial charge in [0.05, 0.1) is 0 Å². The van der Waals surface area contributed by atoms with Gasteiger partial charge < -0.3 is 9.88 Å². The quantitative estimate of drug-likeness (QED) is 0.646. The first-order chi connectivity index (χ1) is 16.0. The number of carbonyl (C=O) groups excluding carboxylic acids is 2. The highest BCUT2D eigenvalue weighted by Gasteiger charge is 2.30. The Morgan fingerprint density at radius 3 is 2.94 bits per heavy atom. The van der Waals surface area contributed by atoms with Crippen molar-refractivity contribution in [1.82, 2.24) is 19.9 Å². The van der Waals surface area contributed by atoms with Crippen LogP contribution in [-0.2, 0) is 22.4 Å². The van der Waals surface area contributed by atoms with E-state index in [0.29, 0.717) is 25.8 Å². The van der Waals surface area contributed by atoms with Gasteiger partial charge in [0.15, 0.2) is 0 Å². The highest BCUT2D eigenvalue weighted by Crippen LogP contribution is 2.31. The van der Waals surface area contributed by atoms with Crippen molar-refractivity contribution in [3.05, 3.63) is 53.1 Å². The van der Waals surface area contributed by atoms with Crippen molar-refractivity contribution in [2.45, 2.75) is 57.8 Å². The second kappa shape index (κ2) is 8.96. The molecule has 1 atom stereocenters. The number of hydrogen-bond donors (Lipinski definition) is 1. The Kier molecular flexibility index (Phi) is 5.87. The van der Waals surface area contributed by atoms with Crippen molar-refractivity contribution in [1.29, 1.82) is 0 Å². The van der Waals surface area contributed by atoms with Gasteiger partial charge in [0.1, 0.15) is 11.6 Å². The lowest BCUT2D eigenvalue weighted by Gasteiger charge is -2.33. The highest BCUT2D eigenvalue weighted by atomic mass is 16.2. The van der Waals surface area contributed by atoms with Gasteiger partial charge >= 0.3 is 0 Å². The standard InChI is InChI=1S/C26H31N5O2/c1-17-20-12-13-23(32)30(2)26(20)29-25(28-17)19-8-6-14-31(16-19)24(33)11-5-7-18-15-27-22-10-4-3-9-21(18)22/h3-4,9-10,15,19,27H,5-8,11-14,16H2,1-2H3/t19-/m0/s1. The van der Waals surface area contributed by atoms with Crippen molar-refractivity contribution in [2.75, 3.05) is 25.0 Å². The predicted molar refractivity (Wildman–Crippen MR) is 128 cm³/mol. The fourth-order valence-electron chi connectivity index (χ4n) is 5.21. The molecule has 2 aliphatic rings. The van der Waals surface area contributed by atoms with Crippen molar-refractivity contribution in [3.63, 3.8) is 0 Å². The minimum absolute atomic E-state index is 0.0993. The number of fused-ring (bicyclic) bond motifs is 2. The number of aromatic nitrogens is 3. The van der Waals surface area contributed by atoms with Crippen molar-refractivity contribution >= 4 is 28.5 Å². The van der Waals surface area contributed by atoms with E-state index in [4.69, 9.17) is 9.97 Å². The van der Waals surface area contributed by atoms with E-state index in [9.17, 15) is 9.59 Å². The molecule has 3 aromatic rings. The fraction of sp³-hybridized carbons (Fsp3) is 0.462. The van der Waals surface area contributed by atoms with E-state index in [2.05, 4.69) is 29.4 Å².